The zero-order valence-electron chi connectivity index (χ0n) is 16.8. The molecular formula is C22H26N2O5. The fourth-order valence-corrected chi connectivity index (χ4v) is 4.12. The molecule has 1 aliphatic carbocycles. The van der Waals surface area contributed by atoms with Gasteiger partial charge in [0.2, 0.25) is 0 Å². The van der Waals surface area contributed by atoms with Crippen LogP contribution in [0.2, 0.25) is 0 Å². The van der Waals surface area contributed by atoms with Gasteiger partial charge in [-0.2, -0.15) is 0 Å². The van der Waals surface area contributed by atoms with Gasteiger partial charge in [0, 0.05) is 25.1 Å². The molecule has 7 heteroatoms. The van der Waals surface area contributed by atoms with Crippen LogP contribution in [-0.4, -0.2) is 58.8 Å². The van der Waals surface area contributed by atoms with E-state index in [-0.39, 0.29) is 54.9 Å². The summed E-state index contributed by atoms with van der Waals surface area (Å²) in [6.45, 7) is 4.08. The van der Waals surface area contributed by atoms with Crippen LogP contribution in [0.3, 0.4) is 0 Å². The van der Waals surface area contributed by atoms with Crippen LogP contribution in [0.1, 0.15) is 60.2 Å². The number of amides is 2. The highest BCUT2D eigenvalue weighted by Crippen LogP contribution is 2.35. The largest absolute Gasteiger partial charge is 0.394 e. The molecule has 1 atom stereocenters. The Morgan fingerprint density at radius 1 is 1.14 bits per heavy atom. The minimum absolute atomic E-state index is 0.0857. The van der Waals surface area contributed by atoms with Gasteiger partial charge in [0.25, 0.3) is 11.8 Å². The predicted octanol–water partition coefficient (Wildman–Crippen LogP) is 2.07. The predicted molar refractivity (Wildman–Crippen MR) is 107 cm³/mol. The Balaban J connectivity index is 1.64. The van der Waals surface area contributed by atoms with Gasteiger partial charge < -0.3 is 5.11 Å². The molecule has 1 heterocycles. The first-order chi connectivity index (χ1) is 13.7. The number of rotatable bonds is 7. The first kappa shape index (κ1) is 21.0. The number of Topliss-reactive ketones (excluding diaryl/α,β-unsaturated/α-hetero) is 2. The maximum atomic E-state index is 12.8. The van der Waals surface area contributed by atoms with Gasteiger partial charge >= 0.3 is 0 Å². The van der Waals surface area contributed by atoms with E-state index >= 15 is 0 Å². The standard InChI is InChI=1S/C22H26N2O5/c1-22(2)12-16(23-9-11-25)19(18(27)13-22)17(26)8-5-10-24-20(28)14-6-3-4-7-15(14)21(24)29/h3-4,6-7,19,25H,5,8-13H2,1-2H3. The van der Waals surface area contributed by atoms with Crippen molar-refractivity contribution < 1.29 is 24.3 Å². The van der Waals surface area contributed by atoms with Gasteiger partial charge in [-0.25, -0.2) is 0 Å². The van der Waals surface area contributed by atoms with Crippen LogP contribution in [-0.2, 0) is 9.59 Å². The van der Waals surface area contributed by atoms with E-state index in [0.29, 0.717) is 36.1 Å². The highest BCUT2D eigenvalue weighted by Gasteiger charge is 2.41. The number of carbonyl (C=O) groups excluding carboxylic acids is 4. The number of benzene rings is 1. The maximum absolute atomic E-state index is 12.8. The van der Waals surface area contributed by atoms with Crippen molar-refractivity contribution in [2.45, 2.75) is 39.5 Å². The number of hydrogen-bond donors (Lipinski definition) is 1. The average molecular weight is 398 g/mol. The Bertz CT molecular complexity index is 852. The van der Waals surface area contributed by atoms with Crippen molar-refractivity contribution in [3.63, 3.8) is 0 Å². The lowest BCUT2D eigenvalue weighted by molar-refractivity contribution is -0.132. The molecule has 0 saturated heterocycles. The number of nitrogens with zero attached hydrogens (tertiary/aromatic N) is 2. The molecule has 29 heavy (non-hydrogen) atoms. The molecule has 1 fully saturated rings. The van der Waals surface area contributed by atoms with E-state index < -0.39 is 5.92 Å². The minimum atomic E-state index is -0.878. The van der Waals surface area contributed by atoms with Crippen LogP contribution in [0.5, 0.6) is 0 Å². The number of hydrogen-bond acceptors (Lipinski definition) is 6. The number of fused-ring (bicyclic) bond motifs is 1. The third kappa shape index (κ3) is 4.34. The van der Waals surface area contributed by atoms with Crippen LogP contribution < -0.4 is 0 Å². The van der Waals surface area contributed by atoms with Gasteiger partial charge in [-0.05, 0) is 30.4 Å². The van der Waals surface area contributed by atoms with E-state index in [1.807, 2.05) is 13.8 Å². The fraction of sp³-hybridized carbons (Fsp3) is 0.500. The van der Waals surface area contributed by atoms with Gasteiger partial charge in [0.05, 0.1) is 24.3 Å². The molecule has 1 N–H and O–H groups in total. The van der Waals surface area contributed by atoms with E-state index in [1.54, 1.807) is 24.3 Å². The van der Waals surface area contributed by atoms with Crippen LogP contribution in [0.25, 0.3) is 0 Å². The molecular weight excluding hydrogens is 372 g/mol. The summed E-state index contributed by atoms with van der Waals surface area (Å²) in [6.07, 6.45) is 1.22. The lowest BCUT2D eigenvalue weighted by Gasteiger charge is -2.34. The summed E-state index contributed by atoms with van der Waals surface area (Å²) in [5, 5.41) is 9.06. The van der Waals surface area contributed by atoms with Crippen molar-refractivity contribution in [2.75, 3.05) is 19.7 Å². The summed E-state index contributed by atoms with van der Waals surface area (Å²) in [5.74, 6) is -1.96. The Labute approximate surface area is 169 Å². The summed E-state index contributed by atoms with van der Waals surface area (Å²) in [5.41, 5.74) is 1.03. The zero-order valence-corrected chi connectivity index (χ0v) is 16.8. The molecule has 0 bridgehead atoms. The highest BCUT2D eigenvalue weighted by atomic mass is 16.3. The first-order valence-electron chi connectivity index (χ1n) is 9.90. The van der Waals surface area contributed by atoms with Crippen molar-refractivity contribution in [1.29, 1.82) is 0 Å². The Morgan fingerprint density at radius 3 is 2.34 bits per heavy atom. The second kappa shape index (κ2) is 8.37. The fourth-order valence-electron chi connectivity index (χ4n) is 4.12. The number of aliphatic hydroxyl groups excluding tert-OH is 1. The molecule has 1 saturated carbocycles. The Morgan fingerprint density at radius 2 is 1.76 bits per heavy atom. The van der Waals surface area contributed by atoms with Gasteiger partial charge in [-0.1, -0.05) is 26.0 Å². The van der Waals surface area contributed by atoms with Gasteiger partial charge in [0.1, 0.15) is 17.5 Å². The molecule has 2 amide bonds. The average Bonchev–Trinajstić information content (AvgIpc) is 2.90. The van der Waals surface area contributed by atoms with Gasteiger partial charge in [0.15, 0.2) is 0 Å². The second-order valence-electron chi connectivity index (χ2n) is 8.39. The molecule has 2 aliphatic rings. The summed E-state index contributed by atoms with van der Waals surface area (Å²) in [7, 11) is 0. The molecule has 1 aromatic carbocycles. The molecule has 7 nitrogen and oxygen atoms in total. The molecule has 1 aliphatic heterocycles. The first-order valence-corrected chi connectivity index (χ1v) is 9.90. The Hall–Kier alpha value is -2.67. The molecule has 3 rings (SSSR count). The zero-order chi connectivity index (χ0) is 21.2. The van der Waals surface area contributed by atoms with Crippen LogP contribution in [0, 0.1) is 11.3 Å². The minimum Gasteiger partial charge on any atom is -0.394 e. The van der Waals surface area contributed by atoms with E-state index in [0.717, 1.165) is 4.90 Å². The van der Waals surface area contributed by atoms with E-state index in [9.17, 15) is 19.2 Å². The van der Waals surface area contributed by atoms with Crippen molar-refractivity contribution in [1.82, 2.24) is 4.90 Å². The van der Waals surface area contributed by atoms with Crippen molar-refractivity contribution in [3.05, 3.63) is 35.4 Å². The van der Waals surface area contributed by atoms with E-state index in [4.69, 9.17) is 5.11 Å². The Kier molecular flexibility index (Phi) is 6.07. The monoisotopic (exact) mass is 398 g/mol. The number of aliphatic imine (C=N–C) groups is 1. The molecule has 0 aromatic heterocycles. The summed E-state index contributed by atoms with van der Waals surface area (Å²) in [4.78, 5) is 55.7. The number of imide groups is 1. The normalized spacial score (nSPS) is 22.3. The third-order valence-electron chi connectivity index (χ3n) is 5.39. The highest BCUT2D eigenvalue weighted by molar-refractivity contribution is 6.23. The molecule has 0 radical (unpaired) electrons. The summed E-state index contributed by atoms with van der Waals surface area (Å²) >= 11 is 0. The van der Waals surface area contributed by atoms with E-state index in [1.165, 1.54) is 0 Å². The summed E-state index contributed by atoms with van der Waals surface area (Å²) < 4.78 is 0. The quantitative estimate of drug-likeness (QED) is 0.559. The molecule has 0 spiro atoms. The van der Waals surface area contributed by atoms with E-state index in [2.05, 4.69) is 4.99 Å². The number of aliphatic hydroxyl groups is 1. The lowest BCUT2D eigenvalue weighted by Crippen LogP contribution is -2.42. The topological polar surface area (TPSA) is 104 Å². The third-order valence-corrected chi connectivity index (χ3v) is 5.39. The molecule has 154 valence electrons. The van der Waals surface area contributed by atoms with Crippen molar-refractivity contribution in [3.8, 4) is 0 Å². The van der Waals surface area contributed by atoms with Crippen LogP contribution in [0.4, 0.5) is 0 Å². The number of ketones is 2. The van der Waals surface area contributed by atoms with Crippen LogP contribution >= 0.6 is 0 Å². The smallest absolute Gasteiger partial charge is 0.261 e. The molecule has 1 unspecified atom stereocenters. The van der Waals surface area contributed by atoms with Gasteiger partial charge in [-0.15, -0.1) is 0 Å². The van der Waals surface area contributed by atoms with Crippen molar-refractivity contribution >= 4 is 29.1 Å². The SMILES string of the molecule is CC1(C)CC(=O)C(C(=O)CCCN2C(=O)c3ccccc3C2=O)C(=NCCO)C1. The van der Waals surface area contributed by atoms with Crippen molar-refractivity contribution in [2.24, 2.45) is 16.3 Å². The van der Waals surface area contributed by atoms with Gasteiger partial charge in [-0.3, -0.25) is 29.1 Å². The maximum Gasteiger partial charge on any atom is 0.261 e. The lowest BCUT2D eigenvalue weighted by atomic mass is 9.69. The number of carbonyl (C=O) groups is 4. The molecule has 1 aromatic rings. The summed E-state index contributed by atoms with van der Waals surface area (Å²) in [6, 6.07) is 6.65. The second-order valence-corrected chi connectivity index (χ2v) is 8.39. The van der Waals surface area contributed by atoms with Crippen LogP contribution in [0.15, 0.2) is 29.3 Å².